The van der Waals surface area contributed by atoms with Crippen LogP contribution in [-0.4, -0.2) is 35.7 Å². The predicted octanol–water partition coefficient (Wildman–Crippen LogP) is -0.0608. The van der Waals surface area contributed by atoms with Gasteiger partial charge in [0, 0.05) is 6.54 Å². The zero-order valence-electron chi connectivity index (χ0n) is 8.82. The van der Waals surface area contributed by atoms with Crippen LogP contribution in [0.15, 0.2) is 6.07 Å². The van der Waals surface area contributed by atoms with E-state index in [1.165, 1.54) is 7.11 Å². The highest BCUT2D eigenvalue weighted by molar-refractivity contribution is 5.95. The normalized spacial score (nSPS) is 14.7. The molecule has 6 heteroatoms. The average molecular weight is 221 g/mol. The van der Waals surface area contributed by atoms with Crippen molar-refractivity contribution in [2.45, 2.75) is 12.8 Å². The summed E-state index contributed by atoms with van der Waals surface area (Å²) < 4.78 is 4.54. The summed E-state index contributed by atoms with van der Waals surface area (Å²) in [6.45, 7) is 0.614. The molecule has 2 heterocycles. The fourth-order valence-electron chi connectivity index (χ4n) is 1.58. The van der Waals surface area contributed by atoms with Gasteiger partial charge in [-0.1, -0.05) is 0 Å². The number of fused-ring (bicyclic) bond motifs is 1. The number of nitrogens with zero attached hydrogens (tertiary/aromatic N) is 2. The summed E-state index contributed by atoms with van der Waals surface area (Å²) in [4.78, 5) is 22.8. The van der Waals surface area contributed by atoms with Crippen molar-refractivity contribution in [3.63, 3.8) is 0 Å². The Morgan fingerprint density at radius 1 is 1.50 bits per heavy atom. The molecule has 0 unspecified atom stereocenters. The number of hydrogen-bond acceptors (Lipinski definition) is 5. The fraction of sp³-hybridized carbons (Fsp3) is 0.400. The van der Waals surface area contributed by atoms with Crippen molar-refractivity contribution < 1.29 is 14.3 Å². The van der Waals surface area contributed by atoms with E-state index in [4.69, 9.17) is 0 Å². The number of methoxy groups -OCH3 is 1. The molecule has 1 aliphatic rings. The van der Waals surface area contributed by atoms with Gasteiger partial charge in [0.15, 0.2) is 11.4 Å². The molecule has 16 heavy (non-hydrogen) atoms. The molecular formula is C10H11N3O3. The maximum absolute atomic E-state index is 11.5. The maximum Gasteiger partial charge on any atom is 0.358 e. The molecule has 84 valence electrons. The summed E-state index contributed by atoms with van der Waals surface area (Å²) in [6, 6.07) is 1.57. The van der Waals surface area contributed by atoms with E-state index >= 15 is 0 Å². The zero-order valence-corrected chi connectivity index (χ0v) is 8.82. The first-order valence-electron chi connectivity index (χ1n) is 4.95. The van der Waals surface area contributed by atoms with Gasteiger partial charge < -0.3 is 10.1 Å². The number of carbonyl (C=O) groups is 2. The van der Waals surface area contributed by atoms with Crippen LogP contribution < -0.4 is 5.32 Å². The predicted molar refractivity (Wildman–Crippen MR) is 54.0 cm³/mol. The van der Waals surface area contributed by atoms with Gasteiger partial charge in [-0.25, -0.2) is 4.79 Å². The summed E-state index contributed by atoms with van der Waals surface area (Å²) in [5.41, 5.74) is 1.17. The number of hydrogen-bond donors (Lipinski definition) is 1. The first-order chi connectivity index (χ1) is 7.72. The number of ether oxygens (including phenoxy) is 1. The van der Waals surface area contributed by atoms with Crippen LogP contribution >= 0.6 is 0 Å². The van der Waals surface area contributed by atoms with Crippen molar-refractivity contribution >= 4 is 11.9 Å². The number of esters is 1. The highest BCUT2D eigenvalue weighted by atomic mass is 16.5. The van der Waals surface area contributed by atoms with Crippen LogP contribution in [0.3, 0.4) is 0 Å². The SMILES string of the molecule is COC(=O)c1cc2c(nn1)C(=O)NCCC2. The van der Waals surface area contributed by atoms with Crippen molar-refractivity contribution in [2.24, 2.45) is 0 Å². The highest BCUT2D eigenvalue weighted by Gasteiger charge is 2.19. The molecule has 1 N–H and O–H groups in total. The molecular weight excluding hydrogens is 210 g/mol. The second-order valence-corrected chi connectivity index (χ2v) is 3.45. The van der Waals surface area contributed by atoms with Gasteiger partial charge in [0.1, 0.15) is 0 Å². The minimum Gasteiger partial charge on any atom is -0.464 e. The molecule has 0 atom stereocenters. The largest absolute Gasteiger partial charge is 0.464 e. The van der Waals surface area contributed by atoms with Gasteiger partial charge >= 0.3 is 5.97 Å². The second-order valence-electron chi connectivity index (χ2n) is 3.45. The summed E-state index contributed by atoms with van der Waals surface area (Å²) >= 11 is 0. The van der Waals surface area contributed by atoms with Crippen LogP contribution in [0, 0.1) is 0 Å². The zero-order chi connectivity index (χ0) is 11.5. The van der Waals surface area contributed by atoms with Gasteiger partial charge in [0.25, 0.3) is 5.91 Å². The molecule has 0 aromatic carbocycles. The standard InChI is InChI=1S/C10H11N3O3/c1-16-10(15)7-5-6-3-2-4-11-9(14)8(6)13-12-7/h5H,2-4H2,1H3,(H,11,14). The molecule has 0 bridgehead atoms. The van der Waals surface area contributed by atoms with E-state index in [0.717, 1.165) is 12.0 Å². The van der Waals surface area contributed by atoms with Crippen LogP contribution in [0.5, 0.6) is 0 Å². The smallest absolute Gasteiger partial charge is 0.358 e. The number of carbonyl (C=O) groups excluding carboxylic acids is 2. The van der Waals surface area contributed by atoms with Gasteiger partial charge in [-0.3, -0.25) is 4.79 Å². The lowest BCUT2D eigenvalue weighted by Gasteiger charge is -2.03. The van der Waals surface area contributed by atoms with E-state index in [1.807, 2.05) is 0 Å². The Bertz CT molecular complexity index is 445. The van der Waals surface area contributed by atoms with E-state index in [2.05, 4.69) is 20.3 Å². The third-order valence-corrected chi connectivity index (χ3v) is 2.39. The van der Waals surface area contributed by atoms with E-state index in [0.29, 0.717) is 18.7 Å². The van der Waals surface area contributed by atoms with E-state index < -0.39 is 5.97 Å². The third-order valence-electron chi connectivity index (χ3n) is 2.39. The van der Waals surface area contributed by atoms with Gasteiger partial charge in [-0.15, -0.1) is 10.2 Å². The Labute approximate surface area is 92.0 Å². The summed E-state index contributed by atoms with van der Waals surface area (Å²) in [7, 11) is 1.28. The lowest BCUT2D eigenvalue weighted by molar-refractivity contribution is 0.0591. The fourth-order valence-corrected chi connectivity index (χ4v) is 1.58. The van der Waals surface area contributed by atoms with Crippen molar-refractivity contribution in [3.05, 3.63) is 23.0 Å². The monoisotopic (exact) mass is 221 g/mol. The molecule has 0 radical (unpaired) electrons. The minimum absolute atomic E-state index is 0.135. The molecule has 1 aliphatic heterocycles. The number of nitrogens with one attached hydrogen (secondary N) is 1. The Morgan fingerprint density at radius 2 is 2.31 bits per heavy atom. The molecule has 0 saturated carbocycles. The van der Waals surface area contributed by atoms with Gasteiger partial charge in [-0.2, -0.15) is 0 Å². The molecule has 0 saturated heterocycles. The van der Waals surface area contributed by atoms with Crippen molar-refractivity contribution in [3.8, 4) is 0 Å². The number of aryl methyl sites for hydroxylation is 1. The van der Waals surface area contributed by atoms with E-state index in [-0.39, 0.29) is 11.6 Å². The first kappa shape index (κ1) is 10.5. The summed E-state index contributed by atoms with van der Waals surface area (Å²) in [6.07, 6.45) is 1.53. The Morgan fingerprint density at radius 3 is 3.06 bits per heavy atom. The maximum atomic E-state index is 11.5. The molecule has 1 aromatic rings. The van der Waals surface area contributed by atoms with Gasteiger partial charge in [0.2, 0.25) is 0 Å². The second kappa shape index (κ2) is 4.26. The summed E-state index contributed by atoms with van der Waals surface area (Å²) in [5.74, 6) is -0.781. The van der Waals surface area contributed by atoms with Crippen LogP contribution in [0.1, 0.15) is 33.0 Å². The first-order valence-corrected chi connectivity index (χ1v) is 4.95. The van der Waals surface area contributed by atoms with Crippen molar-refractivity contribution in [1.29, 1.82) is 0 Å². The van der Waals surface area contributed by atoms with Crippen LogP contribution in [0.4, 0.5) is 0 Å². The minimum atomic E-state index is -0.542. The van der Waals surface area contributed by atoms with Crippen LogP contribution in [-0.2, 0) is 11.2 Å². The lowest BCUT2D eigenvalue weighted by Crippen LogP contribution is -2.24. The van der Waals surface area contributed by atoms with Gasteiger partial charge in [-0.05, 0) is 24.5 Å². The Hall–Kier alpha value is -1.98. The summed E-state index contributed by atoms with van der Waals surface area (Å²) in [5, 5.41) is 10.1. The quantitative estimate of drug-likeness (QED) is 0.672. The number of aromatic nitrogens is 2. The number of amides is 1. The van der Waals surface area contributed by atoms with Crippen LogP contribution in [0.25, 0.3) is 0 Å². The van der Waals surface area contributed by atoms with Gasteiger partial charge in [0.05, 0.1) is 7.11 Å². The molecule has 0 fully saturated rings. The Balaban J connectivity index is 2.41. The van der Waals surface area contributed by atoms with E-state index in [9.17, 15) is 9.59 Å². The average Bonchev–Trinajstić information content (AvgIpc) is 2.50. The molecule has 6 nitrogen and oxygen atoms in total. The third kappa shape index (κ3) is 1.86. The van der Waals surface area contributed by atoms with Crippen molar-refractivity contribution in [1.82, 2.24) is 15.5 Å². The van der Waals surface area contributed by atoms with E-state index in [1.54, 1.807) is 6.07 Å². The topological polar surface area (TPSA) is 81.2 Å². The molecule has 1 amide bonds. The molecule has 0 aliphatic carbocycles. The molecule has 1 aromatic heterocycles. The molecule has 0 spiro atoms. The lowest BCUT2D eigenvalue weighted by atomic mass is 10.1. The number of rotatable bonds is 1. The highest BCUT2D eigenvalue weighted by Crippen LogP contribution is 2.12. The Kier molecular flexibility index (Phi) is 2.80. The van der Waals surface area contributed by atoms with Crippen molar-refractivity contribution in [2.75, 3.05) is 13.7 Å². The molecule has 2 rings (SSSR count). The van der Waals surface area contributed by atoms with Crippen LogP contribution in [0.2, 0.25) is 0 Å².